The number of ether oxygens (including phenoxy) is 1. The summed E-state index contributed by atoms with van der Waals surface area (Å²) in [5.74, 6) is 1.26. The van der Waals surface area contributed by atoms with Crippen molar-refractivity contribution < 1.29 is 9.53 Å². The number of rotatable bonds is 8. The number of carbonyl (C=O) groups is 1. The number of aromatic nitrogens is 1. The molecular formula is C18H33Cl2N3O2S. The van der Waals surface area contributed by atoms with Crippen LogP contribution in [0.1, 0.15) is 56.8 Å². The lowest BCUT2D eigenvalue weighted by Crippen LogP contribution is -2.36. The molecule has 0 bridgehead atoms. The second kappa shape index (κ2) is 12.9. The van der Waals surface area contributed by atoms with Crippen LogP contribution in [-0.4, -0.2) is 42.5 Å². The van der Waals surface area contributed by atoms with Gasteiger partial charge in [0.25, 0.3) is 0 Å². The summed E-state index contributed by atoms with van der Waals surface area (Å²) in [4.78, 5) is 18.9. The van der Waals surface area contributed by atoms with Crippen molar-refractivity contribution in [2.24, 2.45) is 11.8 Å². The first-order valence-corrected chi connectivity index (χ1v) is 9.89. The van der Waals surface area contributed by atoms with Crippen LogP contribution in [0, 0.1) is 11.8 Å². The van der Waals surface area contributed by atoms with Gasteiger partial charge in [-0.15, -0.1) is 36.2 Å². The molecule has 0 aliphatic carbocycles. The monoisotopic (exact) mass is 425 g/mol. The molecule has 5 nitrogen and oxygen atoms in total. The van der Waals surface area contributed by atoms with Crippen LogP contribution in [-0.2, 0) is 16.1 Å². The van der Waals surface area contributed by atoms with Crippen LogP contribution in [0.2, 0.25) is 0 Å². The average molecular weight is 426 g/mol. The Kier molecular flexibility index (Phi) is 12.7. The molecule has 1 aliphatic heterocycles. The molecule has 152 valence electrons. The minimum atomic E-state index is 0. The summed E-state index contributed by atoms with van der Waals surface area (Å²) >= 11 is 1.61. The zero-order valence-corrected chi connectivity index (χ0v) is 18.6. The molecule has 26 heavy (non-hydrogen) atoms. The molecule has 2 rings (SSSR count). The Labute approximate surface area is 174 Å². The van der Waals surface area contributed by atoms with E-state index in [1.54, 1.807) is 16.2 Å². The largest absolute Gasteiger partial charge is 0.372 e. The first-order valence-electron chi connectivity index (χ1n) is 9.01. The Balaban J connectivity index is 0.00000312. The fourth-order valence-corrected chi connectivity index (χ4v) is 4.01. The van der Waals surface area contributed by atoms with Crippen molar-refractivity contribution in [1.82, 2.24) is 15.2 Å². The number of nitrogens with one attached hydrogen (secondary N) is 1. The van der Waals surface area contributed by atoms with E-state index in [4.69, 9.17) is 4.74 Å². The molecule has 8 heteroatoms. The number of hydrogen-bond donors (Lipinski definition) is 1. The molecule has 2 heterocycles. The molecule has 1 N–H and O–H groups in total. The highest BCUT2D eigenvalue weighted by atomic mass is 35.5. The van der Waals surface area contributed by atoms with E-state index in [0.29, 0.717) is 31.4 Å². The van der Waals surface area contributed by atoms with Gasteiger partial charge in [0, 0.05) is 25.5 Å². The van der Waals surface area contributed by atoms with Gasteiger partial charge in [-0.3, -0.25) is 4.79 Å². The van der Waals surface area contributed by atoms with Gasteiger partial charge >= 0.3 is 0 Å². The Hall–Kier alpha value is -0.400. The molecule has 0 radical (unpaired) electrons. The molecule has 1 saturated heterocycles. The molecule has 0 aromatic carbocycles. The lowest BCUT2D eigenvalue weighted by Gasteiger charge is -2.29. The lowest BCUT2D eigenvalue weighted by molar-refractivity contribution is -0.131. The SMILES string of the molecule is CCOC(C)c1nc(CN(C)C(=O)CC(C)C2CCCNC2)cs1.Cl.Cl. The van der Waals surface area contributed by atoms with E-state index in [2.05, 4.69) is 17.2 Å². The molecule has 3 unspecified atom stereocenters. The summed E-state index contributed by atoms with van der Waals surface area (Å²) in [7, 11) is 1.87. The molecule has 1 fully saturated rings. The third-order valence-corrected chi connectivity index (χ3v) is 5.85. The van der Waals surface area contributed by atoms with E-state index < -0.39 is 0 Å². The van der Waals surface area contributed by atoms with Crippen molar-refractivity contribution in [3.05, 3.63) is 16.1 Å². The lowest BCUT2D eigenvalue weighted by atomic mass is 9.85. The van der Waals surface area contributed by atoms with Gasteiger partial charge in [-0.05, 0) is 51.6 Å². The van der Waals surface area contributed by atoms with E-state index in [1.807, 2.05) is 26.3 Å². The fraction of sp³-hybridized carbons (Fsp3) is 0.778. The minimum absolute atomic E-state index is 0. The van der Waals surface area contributed by atoms with Crippen LogP contribution in [0.25, 0.3) is 0 Å². The topological polar surface area (TPSA) is 54.5 Å². The third kappa shape index (κ3) is 7.69. The van der Waals surface area contributed by atoms with Crippen molar-refractivity contribution in [1.29, 1.82) is 0 Å². The highest BCUT2D eigenvalue weighted by molar-refractivity contribution is 7.09. The van der Waals surface area contributed by atoms with Gasteiger partial charge in [0.15, 0.2) is 0 Å². The molecule has 1 aromatic heterocycles. The standard InChI is InChI=1S/C18H31N3O2S.2ClH/c1-5-23-14(3)18-20-16(12-24-18)11-21(4)17(22)9-13(2)15-7-6-8-19-10-15;;/h12-15,19H,5-11H2,1-4H3;2*1H. The van der Waals surface area contributed by atoms with Crippen molar-refractivity contribution in [3.8, 4) is 0 Å². The average Bonchev–Trinajstić information content (AvgIpc) is 3.04. The van der Waals surface area contributed by atoms with Gasteiger partial charge in [-0.1, -0.05) is 6.92 Å². The molecule has 1 aromatic rings. The highest BCUT2D eigenvalue weighted by Gasteiger charge is 2.23. The zero-order valence-electron chi connectivity index (χ0n) is 16.2. The van der Waals surface area contributed by atoms with Gasteiger partial charge < -0.3 is 15.0 Å². The zero-order chi connectivity index (χ0) is 17.5. The Morgan fingerprint density at radius 2 is 2.19 bits per heavy atom. The number of amides is 1. The molecular weight excluding hydrogens is 393 g/mol. The van der Waals surface area contributed by atoms with Crippen LogP contribution in [0.3, 0.4) is 0 Å². The second-order valence-corrected chi connectivity index (χ2v) is 7.70. The minimum Gasteiger partial charge on any atom is -0.372 e. The number of piperidine rings is 1. The van der Waals surface area contributed by atoms with E-state index in [9.17, 15) is 4.79 Å². The summed E-state index contributed by atoms with van der Waals surface area (Å²) in [6.45, 7) is 9.62. The Bertz CT molecular complexity index is 524. The second-order valence-electron chi connectivity index (χ2n) is 6.81. The fourth-order valence-electron chi connectivity index (χ4n) is 3.20. The number of hydrogen-bond acceptors (Lipinski definition) is 5. The number of carbonyl (C=O) groups excluding carboxylic acids is 1. The van der Waals surface area contributed by atoms with Gasteiger partial charge in [0.2, 0.25) is 5.91 Å². The van der Waals surface area contributed by atoms with Crippen molar-refractivity contribution >= 4 is 42.1 Å². The quantitative estimate of drug-likeness (QED) is 0.681. The Morgan fingerprint density at radius 3 is 2.81 bits per heavy atom. The summed E-state index contributed by atoms with van der Waals surface area (Å²) in [6.07, 6.45) is 3.10. The summed E-state index contributed by atoms with van der Waals surface area (Å²) in [6, 6.07) is 0. The van der Waals surface area contributed by atoms with Crippen molar-refractivity contribution in [2.45, 2.75) is 52.7 Å². The van der Waals surface area contributed by atoms with Crippen LogP contribution in [0.5, 0.6) is 0 Å². The van der Waals surface area contributed by atoms with E-state index in [1.165, 1.54) is 12.8 Å². The molecule has 1 amide bonds. The van der Waals surface area contributed by atoms with E-state index in [-0.39, 0.29) is 36.8 Å². The normalized spacial score (nSPS) is 19.0. The third-order valence-electron chi connectivity index (χ3n) is 4.80. The Morgan fingerprint density at radius 1 is 1.46 bits per heavy atom. The van der Waals surface area contributed by atoms with Crippen molar-refractivity contribution in [3.63, 3.8) is 0 Å². The van der Waals surface area contributed by atoms with Crippen LogP contribution >= 0.6 is 36.2 Å². The molecule has 0 saturated carbocycles. The van der Waals surface area contributed by atoms with Gasteiger partial charge in [-0.25, -0.2) is 4.98 Å². The maximum Gasteiger partial charge on any atom is 0.222 e. The van der Waals surface area contributed by atoms with Crippen LogP contribution in [0.15, 0.2) is 5.38 Å². The highest BCUT2D eigenvalue weighted by Crippen LogP contribution is 2.24. The van der Waals surface area contributed by atoms with Gasteiger partial charge in [0.1, 0.15) is 11.1 Å². The maximum absolute atomic E-state index is 12.5. The molecule has 0 spiro atoms. The summed E-state index contributed by atoms with van der Waals surface area (Å²) < 4.78 is 5.57. The van der Waals surface area contributed by atoms with E-state index >= 15 is 0 Å². The van der Waals surface area contributed by atoms with Crippen LogP contribution in [0.4, 0.5) is 0 Å². The first kappa shape index (κ1) is 25.6. The number of halogens is 2. The maximum atomic E-state index is 12.5. The van der Waals surface area contributed by atoms with E-state index in [0.717, 1.165) is 23.8 Å². The number of thiazole rings is 1. The predicted octanol–water partition coefficient (Wildman–Crippen LogP) is 4.07. The van der Waals surface area contributed by atoms with Gasteiger partial charge in [0.05, 0.1) is 12.2 Å². The molecule has 3 atom stereocenters. The number of nitrogens with zero attached hydrogens (tertiary/aromatic N) is 2. The summed E-state index contributed by atoms with van der Waals surface area (Å²) in [5, 5.41) is 6.45. The summed E-state index contributed by atoms with van der Waals surface area (Å²) in [5.41, 5.74) is 0.949. The molecule has 1 aliphatic rings. The predicted molar refractivity (Wildman–Crippen MR) is 112 cm³/mol. The van der Waals surface area contributed by atoms with Gasteiger partial charge in [-0.2, -0.15) is 0 Å². The van der Waals surface area contributed by atoms with Crippen LogP contribution < -0.4 is 5.32 Å². The first-order chi connectivity index (χ1) is 11.5. The van der Waals surface area contributed by atoms with Crippen molar-refractivity contribution in [2.75, 3.05) is 26.7 Å². The smallest absolute Gasteiger partial charge is 0.222 e.